The zero-order valence-electron chi connectivity index (χ0n) is 7.35. The average Bonchev–Trinajstić information content (AvgIpc) is 2.77. The lowest BCUT2D eigenvalue weighted by atomic mass is 10.4. The van der Waals surface area contributed by atoms with Gasteiger partial charge in [-0.25, -0.2) is 0 Å². The highest BCUT2D eigenvalue weighted by molar-refractivity contribution is 6.63. The number of hydrogen-bond acceptors (Lipinski definition) is 0. The van der Waals surface area contributed by atoms with Crippen LogP contribution < -0.4 is 0 Å². The van der Waals surface area contributed by atoms with E-state index in [0.717, 1.165) is 11.1 Å². The monoisotopic (exact) mass is 174 g/mol. The van der Waals surface area contributed by atoms with Crippen LogP contribution in [-0.4, -0.2) is 8.80 Å². The van der Waals surface area contributed by atoms with Crippen LogP contribution in [0.3, 0.4) is 0 Å². The summed E-state index contributed by atoms with van der Waals surface area (Å²) in [5, 5.41) is 0. The SMILES string of the molecule is C[SiH](C1C=CC=C1)C1C=CC=C1. The highest BCUT2D eigenvalue weighted by Gasteiger charge is 2.22. The van der Waals surface area contributed by atoms with E-state index in [1.165, 1.54) is 0 Å². The predicted molar refractivity (Wildman–Crippen MR) is 57.1 cm³/mol. The fourth-order valence-corrected chi connectivity index (χ4v) is 4.28. The highest BCUT2D eigenvalue weighted by atomic mass is 28.3. The largest absolute Gasteiger partial charge is 0.0806 e. The number of allylic oxidation sites excluding steroid dienone is 8. The molecule has 2 aliphatic carbocycles. The molecule has 0 aromatic heterocycles. The molecule has 1 heteroatoms. The third-order valence-corrected chi connectivity index (χ3v) is 6.09. The van der Waals surface area contributed by atoms with Gasteiger partial charge in [0.25, 0.3) is 0 Å². The van der Waals surface area contributed by atoms with E-state index in [2.05, 4.69) is 55.2 Å². The summed E-state index contributed by atoms with van der Waals surface area (Å²) in [4.78, 5) is 0. The Morgan fingerprint density at radius 3 is 1.42 bits per heavy atom. The molecule has 0 aromatic carbocycles. The Morgan fingerprint density at radius 1 is 0.750 bits per heavy atom. The van der Waals surface area contributed by atoms with Gasteiger partial charge in [-0.2, -0.15) is 0 Å². The van der Waals surface area contributed by atoms with Gasteiger partial charge in [0.2, 0.25) is 0 Å². The summed E-state index contributed by atoms with van der Waals surface area (Å²) >= 11 is 0. The lowest BCUT2D eigenvalue weighted by Gasteiger charge is -2.18. The third-order valence-electron chi connectivity index (χ3n) is 2.77. The van der Waals surface area contributed by atoms with Crippen molar-refractivity contribution in [2.75, 3.05) is 0 Å². The van der Waals surface area contributed by atoms with E-state index < -0.39 is 8.80 Å². The van der Waals surface area contributed by atoms with Crippen LogP contribution in [0.15, 0.2) is 48.6 Å². The Morgan fingerprint density at radius 2 is 1.08 bits per heavy atom. The van der Waals surface area contributed by atoms with E-state index in [9.17, 15) is 0 Å². The van der Waals surface area contributed by atoms with Crippen molar-refractivity contribution in [3.8, 4) is 0 Å². The molecule has 62 valence electrons. The first-order valence-corrected chi connectivity index (χ1v) is 7.07. The minimum atomic E-state index is -0.654. The van der Waals surface area contributed by atoms with Gasteiger partial charge in [0, 0.05) is 0 Å². The van der Waals surface area contributed by atoms with Crippen LogP contribution in [-0.2, 0) is 0 Å². The number of hydrogen-bond donors (Lipinski definition) is 0. The van der Waals surface area contributed by atoms with E-state index >= 15 is 0 Å². The molecule has 2 rings (SSSR count). The molecule has 0 aliphatic heterocycles. The summed E-state index contributed by atoms with van der Waals surface area (Å²) in [7, 11) is -0.654. The fourth-order valence-electron chi connectivity index (χ4n) is 1.86. The van der Waals surface area contributed by atoms with Crippen LogP contribution in [0, 0.1) is 0 Å². The van der Waals surface area contributed by atoms with Gasteiger partial charge in [0.1, 0.15) is 0 Å². The summed E-state index contributed by atoms with van der Waals surface area (Å²) in [6, 6.07) is 0. The van der Waals surface area contributed by atoms with Crippen LogP contribution in [0.1, 0.15) is 0 Å². The van der Waals surface area contributed by atoms with Crippen molar-refractivity contribution in [3.63, 3.8) is 0 Å². The fraction of sp³-hybridized carbons (Fsp3) is 0.273. The maximum absolute atomic E-state index is 2.45. The molecule has 0 N–H and O–H groups in total. The summed E-state index contributed by atoms with van der Waals surface area (Å²) in [6.45, 7) is 2.45. The Balaban J connectivity index is 2.04. The Bertz CT molecular complexity index is 219. The molecular weight excluding hydrogens is 160 g/mol. The molecule has 2 aliphatic rings. The summed E-state index contributed by atoms with van der Waals surface area (Å²) in [5.41, 5.74) is 1.56. The number of rotatable bonds is 2. The molecular formula is C11H14Si. The molecule has 0 bridgehead atoms. The van der Waals surface area contributed by atoms with Gasteiger partial charge >= 0.3 is 0 Å². The van der Waals surface area contributed by atoms with Crippen molar-refractivity contribution >= 4 is 8.80 Å². The molecule has 0 heterocycles. The minimum Gasteiger partial charge on any atom is -0.0806 e. The van der Waals surface area contributed by atoms with E-state index in [0.29, 0.717) is 0 Å². The predicted octanol–water partition coefficient (Wildman–Crippen LogP) is 2.84. The third kappa shape index (κ3) is 1.37. The van der Waals surface area contributed by atoms with Crippen molar-refractivity contribution < 1.29 is 0 Å². The highest BCUT2D eigenvalue weighted by Crippen LogP contribution is 2.30. The molecule has 0 saturated carbocycles. The molecule has 0 nitrogen and oxygen atoms in total. The van der Waals surface area contributed by atoms with Gasteiger partial charge in [-0.15, -0.1) is 0 Å². The van der Waals surface area contributed by atoms with Crippen LogP contribution in [0.5, 0.6) is 0 Å². The Labute approximate surface area is 75.6 Å². The van der Waals surface area contributed by atoms with Crippen molar-refractivity contribution in [2.45, 2.75) is 17.6 Å². The van der Waals surface area contributed by atoms with Gasteiger partial charge in [-0.05, 0) is 11.1 Å². The molecule has 0 saturated heterocycles. The van der Waals surface area contributed by atoms with Crippen molar-refractivity contribution in [1.82, 2.24) is 0 Å². The maximum atomic E-state index is 2.45. The average molecular weight is 174 g/mol. The van der Waals surface area contributed by atoms with Gasteiger partial charge in [0.15, 0.2) is 0 Å². The van der Waals surface area contributed by atoms with Crippen LogP contribution in [0.2, 0.25) is 17.6 Å². The smallest absolute Gasteiger partial charge is 0.0576 e. The summed E-state index contributed by atoms with van der Waals surface area (Å²) < 4.78 is 0. The quantitative estimate of drug-likeness (QED) is 0.565. The molecule has 0 amide bonds. The molecule has 12 heavy (non-hydrogen) atoms. The first kappa shape index (κ1) is 7.81. The summed E-state index contributed by atoms with van der Waals surface area (Å²) in [5.74, 6) is 0. The van der Waals surface area contributed by atoms with Crippen molar-refractivity contribution in [3.05, 3.63) is 48.6 Å². The van der Waals surface area contributed by atoms with Gasteiger partial charge < -0.3 is 0 Å². The second-order valence-corrected chi connectivity index (χ2v) is 6.81. The molecule has 0 unspecified atom stereocenters. The normalized spacial score (nSPS) is 22.2. The molecule has 0 aromatic rings. The zero-order valence-corrected chi connectivity index (χ0v) is 8.51. The Kier molecular flexibility index (Phi) is 2.13. The molecule has 0 spiro atoms. The lowest BCUT2D eigenvalue weighted by molar-refractivity contribution is 1.23. The second-order valence-electron chi connectivity index (χ2n) is 3.55. The topological polar surface area (TPSA) is 0 Å². The van der Waals surface area contributed by atoms with Crippen molar-refractivity contribution in [1.29, 1.82) is 0 Å². The van der Waals surface area contributed by atoms with Crippen LogP contribution >= 0.6 is 0 Å². The maximum Gasteiger partial charge on any atom is 0.0576 e. The molecule has 0 atom stereocenters. The lowest BCUT2D eigenvalue weighted by Crippen LogP contribution is -2.17. The van der Waals surface area contributed by atoms with E-state index in [-0.39, 0.29) is 0 Å². The molecule has 0 radical (unpaired) electrons. The molecule has 0 fully saturated rings. The first-order chi connectivity index (χ1) is 5.88. The van der Waals surface area contributed by atoms with E-state index in [4.69, 9.17) is 0 Å². The standard InChI is InChI=1S/C11H14Si/c1-12(10-6-2-3-7-10)11-8-4-5-9-11/h2-12H,1H3. The second kappa shape index (κ2) is 3.28. The Hall–Kier alpha value is -0.823. The van der Waals surface area contributed by atoms with Crippen LogP contribution in [0.4, 0.5) is 0 Å². The van der Waals surface area contributed by atoms with Gasteiger partial charge in [-0.3, -0.25) is 0 Å². The van der Waals surface area contributed by atoms with Gasteiger partial charge in [0.05, 0.1) is 8.80 Å². The van der Waals surface area contributed by atoms with E-state index in [1.807, 2.05) is 0 Å². The van der Waals surface area contributed by atoms with E-state index in [1.54, 1.807) is 0 Å². The summed E-state index contributed by atoms with van der Waals surface area (Å²) in [6.07, 6.45) is 18.1. The van der Waals surface area contributed by atoms with Crippen LogP contribution in [0.25, 0.3) is 0 Å². The first-order valence-electron chi connectivity index (χ1n) is 4.58. The minimum absolute atomic E-state index is 0.654. The van der Waals surface area contributed by atoms with Crippen molar-refractivity contribution in [2.24, 2.45) is 0 Å². The van der Waals surface area contributed by atoms with Gasteiger partial charge in [-0.1, -0.05) is 55.2 Å². The zero-order chi connectivity index (χ0) is 8.39.